The van der Waals surface area contributed by atoms with Crippen molar-refractivity contribution in [3.05, 3.63) is 35.9 Å². The Morgan fingerprint density at radius 3 is 2.52 bits per heavy atom. The van der Waals surface area contributed by atoms with Crippen LogP contribution in [0.1, 0.15) is 18.4 Å². The van der Waals surface area contributed by atoms with Crippen LogP contribution < -0.4 is 11.1 Å². The van der Waals surface area contributed by atoms with E-state index in [9.17, 15) is 4.79 Å². The molecule has 1 aliphatic rings. The van der Waals surface area contributed by atoms with E-state index < -0.39 is 5.54 Å². The van der Waals surface area contributed by atoms with Crippen LogP contribution in [0.4, 0.5) is 0 Å². The summed E-state index contributed by atoms with van der Waals surface area (Å²) in [7, 11) is 3.84. The minimum absolute atomic E-state index is 0.352. The van der Waals surface area contributed by atoms with Crippen LogP contribution in [0.5, 0.6) is 0 Å². The van der Waals surface area contributed by atoms with Gasteiger partial charge in [-0.2, -0.15) is 0 Å². The monoisotopic (exact) mass is 291 g/mol. The van der Waals surface area contributed by atoms with Gasteiger partial charge in [-0.3, -0.25) is 4.79 Å². The predicted molar refractivity (Wildman–Crippen MR) is 82.8 cm³/mol. The lowest BCUT2D eigenvalue weighted by molar-refractivity contribution is -0.125. The first-order valence-electron chi connectivity index (χ1n) is 7.42. The average molecular weight is 291 g/mol. The highest BCUT2D eigenvalue weighted by molar-refractivity contribution is 5.86. The highest BCUT2D eigenvalue weighted by Gasteiger charge is 2.39. The zero-order chi connectivity index (χ0) is 15.3. The first kappa shape index (κ1) is 15.9. The van der Waals surface area contributed by atoms with E-state index in [1.54, 1.807) is 7.05 Å². The Morgan fingerprint density at radius 1 is 1.38 bits per heavy atom. The number of carbonyl (C=O) groups excluding carboxylic acids is 1. The average Bonchev–Trinajstić information content (AvgIpc) is 2.54. The molecule has 3 N–H and O–H groups in total. The van der Waals surface area contributed by atoms with E-state index in [-0.39, 0.29) is 5.91 Å². The summed E-state index contributed by atoms with van der Waals surface area (Å²) in [5.41, 5.74) is 5.77. The van der Waals surface area contributed by atoms with Crippen molar-refractivity contribution in [3.63, 3.8) is 0 Å². The molecule has 0 bridgehead atoms. The molecule has 1 unspecified atom stereocenters. The number of ether oxygens (including phenoxy) is 1. The van der Waals surface area contributed by atoms with Gasteiger partial charge in [-0.05, 0) is 32.5 Å². The van der Waals surface area contributed by atoms with Crippen LogP contribution in [0.2, 0.25) is 0 Å². The van der Waals surface area contributed by atoms with Gasteiger partial charge in [0.05, 0.1) is 0 Å². The second-order valence-corrected chi connectivity index (χ2v) is 5.64. The molecular weight excluding hydrogens is 266 g/mol. The van der Waals surface area contributed by atoms with Crippen LogP contribution in [-0.4, -0.2) is 50.7 Å². The van der Waals surface area contributed by atoms with Crippen LogP contribution in [-0.2, 0) is 15.1 Å². The summed E-state index contributed by atoms with van der Waals surface area (Å²) in [6.45, 7) is 2.11. The Hall–Kier alpha value is -1.43. The second kappa shape index (κ2) is 7.02. The smallest absolute Gasteiger partial charge is 0.243 e. The van der Waals surface area contributed by atoms with Crippen LogP contribution in [0.25, 0.3) is 0 Å². The molecule has 1 aromatic rings. The van der Waals surface area contributed by atoms with E-state index in [4.69, 9.17) is 10.5 Å². The molecule has 2 rings (SSSR count). The standard InChI is InChI=1S/C16H25N3O2/c1-18-16(15(17)20,13-6-4-3-5-7-13)12-19(2)14-8-10-21-11-9-14/h3-7,14,18H,8-12H2,1-2H3,(H2,17,20). The molecule has 5 heteroatoms. The zero-order valence-electron chi connectivity index (χ0n) is 12.8. The van der Waals surface area contributed by atoms with E-state index in [0.717, 1.165) is 31.6 Å². The molecule has 0 aliphatic carbocycles. The Labute approximate surface area is 126 Å². The van der Waals surface area contributed by atoms with Crippen molar-refractivity contribution in [3.8, 4) is 0 Å². The number of carbonyl (C=O) groups is 1. The summed E-state index contributed by atoms with van der Waals surface area (Å²) in [6.07, 6.45) is 1.98. The third-order valence-electron chi connectivity index (χ3n) is 4.41. The van der Waals surface area contributed by atoms with Crippen LogP contribution in [0, 0.1) is 0 Å². The van der Waals surface area contributed by atoms with Crippen molar-refractivity contribution < 1.29 is 9.53 Å². The topological polar surface area (TPSA) is 67.6 Å². The summed E-state index contributed by atoms with van der Waals surface area (Å²) in [6, 6.07) is 10.1. The number of nitrogens with one attached hydrogen (secondary N) is 1. The summed E-state index contributed by atoms with van der Waals surface area (Å²) in [5.74, 6) is -0.352. The highest BCUT2D eigenvalue weighted by atomic mass is 16.5. The lowest BCUT2D eigenvalue weighted by atomic mass is 9.87. The number of likely N-dealkylation sites (N-methyl/N-ethyl adjacent to an activating group) is 2. The van der Waals surface area contributed by atoms with E-state index >= 15 is 0 Å². The second-order valence-electron chi connectivity index (χ2n) is 5.64. The van der Waals surface area contributed by atoms with Gasteiger partial charge in [0.25, 0.3) is 0 Å². The number of hydrogen-bond acceptors (Lipinski definition) is 4. The zero-order valence-corrected chi connectivity index (χ0v) is 12.8. The Kier molecular flexibility index (Phi) is 5.33. The Balaban J connectivity index is 2.22. The number of nitrogens with two attached hydrogens (primary N) is 1. The Morgan fingerprint density at radius 2 is 2.00 bits per heavy atom. The number of benzene rings is 1. The van der Waals surface area contributed by atoms with Gasteiger partial charge in [-0.25, -0.2) is 0 Å². The number of nitrogens with zero attached hydrogens (tertiary/aromatic N) is 1. The first-order chi connectivity index (χ1) is 10.1. The molecule has 1 saturated heterocycles. The molecule has 1 heterocycles. The molecule has 1 atom stereocenters. The Bertz CT molecular complexity index is 460. The van der Waals surface area contributed by atoms with Gasteiger partial charge < -0.3 is 20.7 Å². The fraction of sp³-hybridized carbons (Fsp3) is 0.562. The molecular formula is C16H25N3O2. The molecule has 1 fully saturated rings. The van der Waals surface area contributed by atoms with Crippen molar-refractivity contribution in [1.82, 2.24) is 10.2 Å². The van der Waals surface area contributed by atoms with E-state index in [2.05, 4.69) is 10.2 Å². The van der Waals surface area contributed by atoms with Crippen LogP contribution in [0.15, 0.2) is 30.3 Å². The molecule has 0 saturated carbocycles. The molecule has 0 radical (unpaired) electrons. The predicted octanol–water partition coefficient (Wildman–Crippen LogP) is 0.697. The third-order valence-corrected chi connectivity index (χ3v) is 4.41. The normalized spacial score (nSPS) is 19.4. The quantitative estimate of drug-likeness (QED) is 0.809. The molecule has 1 amide bonds. The third kappa shape index (κ3) is 3.43. The van der Waals surface area contributed by atoms with Gasteiger partial charge in [-0.15, -0.1) is 0 Å². The van der Waals surface area contributed by atoms with Gasteiger partial charge in [0.2, 0.25) is 5.91 Å². The van der Waals surface area contributed by atoms with E-state index in [0.29, 0.717) is 12.6 Å². The number of amides is 1. The highest BCUT2D eigenvalue weighted by Crippen LogP contribution is 2.24. The molecule has 5 nitrogen and oxygen atoms in total. The van der Waals surface area contributed by atoms with Gasteiger partial charge in [0.15, 0.2) is 0 Å². The van der Waals surface area contributed by atoms with Crippen molar-refractivity contribution in [2.45, 2.75) is 24.4 Å². The maximum Gasteiger partial charge on any atom is 0.243 e. The number of primary amides is 1. The van der Waals surface area contributed by atoms with E-state index in [1.165, 1.54) is 0 Å². The van der Waals surface area contributed by atoms with Gasteiger partial charge in [0.1, 0.15) is 5.54 Å². The maximum atomic E-state index is 12.2. The summed E-state index contributed by atoms with van der Waals surface area (Å²) < 4.78 is 5.40. The van der Waals surface area contributed by atoms with Crippen molar-refractivity contribution in [2.24, 2.45) is 5.73 Å². The fourth-order valence-electron chi connectivity index (χ4n) is 3.01. The molecule has 0 aromatic heterocycles. The summed E-state index contributed by atoms with van der Waals surface area (Å²) >= 11 is 0. The first-order valence-corrected chi connectivity index (χ1v) is 7.42. The lowest BCUT2D eigenvalue weighted by Gasteiger charge is -2.39. The molecule has 1 aliphatic heterocycles. The molecule has 1 aromatic carbocycles. The number of hydrogen-bond donors (Lipinski definition) is 2. The van der Waals surface area contributed by atoms with Gasteiger partial charge in [0, 0.05) is 25.8 Å². The number of rotatable bonds is 6. The van der Waals surface area contributed by atoms with Crippen LogP contribution in [0.3, 0.4) is 0 Å². The van der Waals surface area contributed by atoms with E-state index in [1.807, 2.05) is 37.4 Å². The molecule has 0 spiro atoms. The van der Waals surface area contributed by atoms with Gasteiger partial charge >= 0.3 is 0 Å². The van der Waals surface area contributed by atoms with Gasteiger partial charge in [-0.1, -0.05) is 30.3 Å². The molecule has 21 heavy (non-hydrogen) atoms. The van der Waals surface area contributed by atoms with Crippen molar-refractivity contribution >= 4 is 5.91 Å². The van der Waals surface area contributed by atoms with Crippen molar-refractivity contribution in [2.75, 3.05) is 33.9 Å². The molecule has 116 valence electrons. The largest absolute Gasteiger partial charge is 0.381 e. The summed E-state index contributed by atoms with van der Waals surface area (Å²) in [4.78, 5) is 14.4. The summed E-state index contributed by atoms with van der Waals surface area (Å²) in [5, 5.41) is 3.15. The fourth-order valence-corrected chi connectivity index (χ4v) is 3.01. The minimum atomic E-state index is -0.867. The lowest BCUT2D eigenvalue weighted by Crippen LogP contribution is -2.58. The van der Waals surface area contributed by atoms with Crippen LogP contribution >= 0.6 is 0 Å². The minimum Gasteiger partial charge on any atom is -0.381 e. The SMILES string of the molecule is CNC(CN(C)C1CCOCC1)(C(N)=O)c1ccccc1. The maximum absolute atomic E-state index is 12.2. The van der Waals surface area contributed by atoms with Crippen molar-refractivity contribution in [1.29, 1.82) is 0 Å².